The monoisotopic (exact) mass is 236 g/mol. The Morgan fingerprint density at radius 2 is 2.53 bits per heavy atom. The maximum Gasteiger partial charge on any atom is 0.272 e. The summed E-state index contributed by atoms with van der Waals surface area (Å²) in [5.74, 6) is 5.22. The molecule has 0 spiro atoms. The van der Waals surface area contributed by atoms with Crippen molar-refractivity contribution in [3.05, 3.63) is 24.0 Å². The number of hydrogen-bond donors (Lipinski definition) is 2. The highest BCUT2D eigenvalue weighted by molar-refractivity contribution is 5.93. The van der Waals surface area contributed by atoms with E-state index in [1.54, 1.807) is 23.2 Å². The van der Waals surface area contributed by atoms with Gasteiger partial charge in [-0.25, -0.2) is 0 Å². The molecule has 0 aliphatic carbocycles. The number of anilines is 1. The van der Waals surface area contributed by atoms with Gasteiger partial charge in [-0.15, -0.1) is 0 Å². The average molecular weight is 236 g/mol. The van der Waals surface area contributed by atoms with Crippen LogP contribution >= 0.6 is 0 Å². The first-order chi connectivity index (χ1) is 8.22. The van der Waals surface area contributed by atoms with E-state index in [-0.39, 0.29) is 11.9 Å². The molecule has 1 unspecified atom stereocenters. The molecule has 2 heterocycles. The molecule has 1 aromatic heterocycles. The van der Waals surface area contributed by atoms with Crippen LogP contribution in [0.3, 0.4) is 0 Å². The maximum atomic E-state index is 12.2. The predicted molar refractivity (Wildman–Crippen MR) is 63.4 cm³/mol. The van der Waals surface area contributed by atoms with Crippen molar-refractivity contribution in [2.75, 3.05) is 25.2 Å². The Kier molecular flexibility index (Phi) is 3.55. The average Bonchev–Trinajstić information content (AvgIpc) is 2.38. The molecule has 1 atom stereocenters. The highest BCUT2D eigenvalue weighted by Crippen LogP contribution is 2.13. The first-order valence-corrected chi connectivity index (χ1v) is 5.53. The van der Waals surface area contributed by atoms with E-state index in [0.29, 0.717) is 31.1 Å². The SMILES string of the molecule is CC1COCCN1C(=O)c1cc(NN)ccn1. The number of nitrogens with one attached hydrogen (secondary N) is 1. The van der Waals surface area contributed by atoms with Crippen molar-refractivity contribution >= 4 is 11.6 Å². The molecule has 2 rings (SSSR count). The maximum absolute atomic E-state index is 12.2. The van der Waals surface area contributed by atoms with Crippen LogP contribution in [0.15, 0.2) is 18.3 Å². The van der Waals surface area contributed by atoms with Crippen LogP contribution in [0.2, 0.25) is 0 Å². The molecular weight excluding hydrogens is 220 g/mol. The fourth-order valence-electron chi connectivity index (χ4n) is 1.81. The van der Waals surface area contributed by atoms with Gasteiger partial charge in [0.05, 0.1) is 24.9 Å². The number of nitrogens with two attached hydrogens (primary N) is 1. The minimum Gasteiger partial charge on any atom is -0.377 e. The van der Waals surface area contributed by atoms with E-state index >= 15 is 0 Å². The predicted octanol–water partition coefficient (Wildman–Crippen LogP) is 0.228. The van der Waals surface area contributed by atoms with Gasteiger partial charge >= 0.3 is 0 Å². The molecule has 1 fully saturated rings. The Labute approximate surface area is 99.7 Å². The highest BCUT2D eigenvalue weighted by atomic mass is 16.5. The summed E-state index contributed by atoms with van der Waals surface area (Å²) in [6.45, 7) is 3.70. The molecule has 6 nitrogen and oxygen atoms in total. The smallest absolute Gasteiger partial charge is 0.272 e. The molecular formula is C11H16N4O2. The third kappa shape index (κ3) is 2.54. The van der Waals surface area contributed by atoms with E-state index in [0.717, 1.165) is 0 Å². The number of ether oxygens (including phenoxy) is 1. The van der Waals surface area contributed by atoms with Crippen LogP contribution < -0.4 is 11.3 Å². The summed E-state index contributed by atoms with van der Waals surface area (Å²) in [4.78, 5) is 18.1. The number of carbonyl (C=O) groups excluding carboxylic acids is 1. The van der Waals surface area contributed by atoms with Crippen LogP contribution in [0.1, 0.15) is 17.4 Å². The van der Waals surface area contributed by atoms with Gasteiger partial charge in [0.25, 0.3) is 5.91 Å². The Balaban J connectivity index is 2.17. The third-order valence-electron chi connectivity index (χ3n) is 2.77. The molecule has 6 heteroatoms. The fraction of sp³-hybridized carbons (Fsp3) is 0.455. The standard InChI is InChI=1S/C11H16N4O2/c1-8-7-17-5-4-15(8)11(16)10-6-9(14-12)2-3-13-10/h2-3,6,8H,4-5,7,12H2,1H3,(H,13,14). The number of hydrazine groups is 1. The Morgan fingerprint density at radius 3 is 3.24 bits per heavy atom. The van der Waals surface area contributed by atoms with Crippen LogP contribution in [0.5, 0.6) is 0 Å². The molecule has 1 amide bonds. The fourth-order valence-corrected chi connectivity index (χ4v) is 1.81. The summed E-state index contributed by atoms with van der Waals surface area (Å²) in [7, 11) is 0. The van der Waals surface area contributed by atoms with Gasteiger partial charge in [0.1, 0.15) is 5.69 Å². The lowest BCUT2D eigenvalue weighted by Gasteiger charge is -2.33. The summed E-state index contributed by atoms with van der Waals surface area (Å²) >= 11 is 0. The normalized spacial score (nSPS) is 20.1. The van der Waals surface area contributed by atoms with Crippen LogP contribution in [0, 0.1) is 0 Å². The van der Waals surface area contributed by atoms with Crippen molar-refractivity contribution in [1.82, 2.24) is 9.88 Å². The molecule has 3 N–H and O–H groups in total. The van der Waals surface area contributed by atoms with E-state index < -0.39 is 0 Å². The zero-order valence-electron chi connectivity index (χ0n) is 9.72. The van der Waals surface area contributed by atoms with Gasteiger partial charge in [0.2, 0.25) is 0 Å². The number of rotatable bonds is 2. The summed E-state index contributed by atoms with van der Waals surface area (Å²) in [6.07, 6.45) is 1.56. The zero-order chi connectivity index (χ0) is 12.3. The lowest BCUT2D eigenvalue weighted by atomic mass is 10.2. The summed E-state index contributed by atoms with van der Waals surface area (Å²) in [5.41, 5.74) is 3.57. The number of amides is 1. The second-order valence-electron chi connectivity index (χ2n) is 4.00. The third-order valence-corrected chi connectivity index (χ3v) is 2.77. The second kappa shape index (κ2) is 5.11. The van der Waals surface area contributed by atoms with E-state index in [4.69, 9.17) is 10.6 Å². The lowest BCUT2D eigenvalue weighted by molar-refractivity contribution is 0.00327. The molecule has 92 valence electrons. The number of hydrogen-bond acceptors (Lipinski definition) is 5. The van der Waals surface area contributed by atoms with Gasteiger partial charge < -0.3 is 15.1 Å². The summed E-state index contributed by atoms with van der Waals surface area (Å²) in [6, 6.07) is 3.43. The lowest BCUT2D eigenvalue weighted by Crippen LogP contribution is -2.47. The molecule has 1 aromatic rings. The molecule has 0 bridgehead atoms. The van der Waals surface area contributed by atoms with E-state index in [1.807, 2.05) is 6.92 Å². The Morgan fingerprint density at radius 1 is 1.71 bits per heavy atom. The number of carbonyl (C=O) groups is 1. The first-order valence-electron chi connectivity index (χ1n) is 5.53. The molecule has 0 aromatic carbocycles. The highest BCUT2D eigenvalue weighted by Gasteiger charge is 2.25. The van der Waals surface area contributed by atoms with Crippen molar-refractivity contribution < 1.29 is 9.53 Å². The molecule has 0 radical (unpaired) electrons. The quantitative estimate of drug-likeness (QED) is 0.567. The number of nitrogens with zero attached hydrogens (tertiary/aromatic N) is 2. The van der Waals surface area contributed by atoms with Crippen LogP contribution in [0.25, 0.3) is 0 Å². The Hall–Kier alpha value is -1.66. The van der Waals surface area contributed by atoms with Crippen LogP contribution in [-0.4, -0.2) is 41.6 Å². The van der Waals surface area contributed by atoms with Gasteiger partial charge in [-0.05, 0) is 19.1 Å². The Bertz CT molecular complexity index is 410. The van der Waals surface area contributed by atoms with E-state index in [2.05, 4.69) is 10.4 Å². The minimum absolute atomic E-state index is 0.0764. The van der Waals surface area contributed by atoms with Gasteiger partial charge in [-0.1, -0.05) is 0 Å². The van der Waals surface area contributed by atoms with Crippen molar-refractivity contribution in [1.29, 1.82) is 0 Å². The number of aromatic nitrogens is 1. The van der Waals surface area contributed by atoms with Gasteiger partial charge in [0, 0.05) is 12.7 Å². The van der Waals surface area contributed by atoms with Gasteiger partial charge in [0.15, 0.2) is 0 Å². The zero-order valence-corrected chi connectivity index (χ0v) is 9.72. The van der Waals surface area contributed by atoms with Crippen LogP contribution in [0.4, 0.5) is 5.69 Å². The van der Waals surface area contributed by atoms with E-state index in [9.17, 15) is 4.79 Å². The second-order valence-corrected chi connectivity index (χ2v) is 4.00. The topological polar surface area (TPSA) is 80.5 Å². The minimum atomic E-state index is -0.0853. The number of nitrogen functional groups attached to an aromatic ring is 1. The van der Waals surface area contributed by atoms with E-state index in [1.165, 1.54) is 0 Å². The number of pyridine rings is 1. The van der Waals surface area contributed by atoms with Crippen LogP contribution in [-0.2, 0) is 4.74 Å². The van der Waals surface area contributed by atoms with Crippen molar-refractivity contribution in [3.63, 3.8) is 0 Å². The largest absolute Gasteiger partial charge is 0.377 e. The first kappa shape index (κ1) is 11.8. The summed E-state index contributed by atoms with van der Waals surface area (Å²) < 4.78 is 5.30. The van der Waals surface area contributed by atoms with Gasteiger partial charge in [-0.3, -0.25) is 15.6 Å². The number of morpholine rings is 1. The van der Waals surface area contributed by atoms with Crippen molar-refractivity contribution in [2.45, 2.75) is 13.0 Å². The molecule has 1 aliphatic rings. The molecule has 1 saturated heterocycles. The van der Waals surface area contributed by atoms with Crippen molar-refractivity contribution in [3.8, 4) is 0 Å². The van der Waals surface area contributed by atoms with Gasteiger partial charge in [-0.2, -0.15) is 0 Å². The molecule has 0 saturated carbocycles. The molecule has 17 heavy (non-hydrogen) atoms. The molecule has 1 aliphatic heterocycles. The summed E-state index contributed by atoms with van der Waals surface area (Å²) in [5, 5.41) is 0. The van der Waals surface area contributed by atoms with Crippen molar-refractivity contribution in [2.24, 2.45) is 5.84 Å².